The average Bonchev–Trinajstić information content (AvgIpc) is 2.67. The molecular formula is C21H25FN2O. The highest BCUT2D eigenvalue weighted by molar-refractivity contribution is 5.76. The zero-order chi connectivity index (χ0) is 17.6. The fourth-order valence-electron chi connectivity index (χ4n) is 3.26. The first kappa shape index (κ1) is 17.5. The molecule has 1 aliphatic heterocycles. The number of nitrogens with zero attached hydrogens (tertiary/aromatic N) is 2. The summed E-state index contributed by atoms with van der Waals surface area (Å²) >= 11 is 0. The summed E-state index contributed by atoms with van der Waals surface area (Å²) in [5, 5.41) is 0. The van der Waals surface area contributed by atoms with Gasteiger partial charge in [-0.25, -0.2) is 4.39 Å². The van der Waals surface area contributed by atoms with Crippen molar-refractivity contribution in [2.45, 2.75) is 26.2 Å². The maximum absolute atomic E-state index is 13.9. The van der Waals surface area contributed by atoms with Crippen LogP contribution in [0.25, 0.3) is 0 Å². The van der Waals surface area contributed by atoms with Gasteiger partial charge in [-0.2, -0.15) is 0 Å². The lowest BCUT2D eigenvalue weighted by Gasteiger charge is -2.36. The van der Waals surface area contributed by atoms with Gasteiger partial charge in [0.15, 0.2) is 0 Å². The molecule has 0 bridgehead atoms. The summed E-state index contributed by atoms with van der Waals surface area (Å²) in [5.41, 5.74) is 3.15. The maximum Gasteiger partial charge on any atom is 0.223 e. The summed E-state index contributed by atoms with van der Waals surface area (Å²) in [7, 11) is 0. The van der Waals surface area contributed by atoms with Crippen molar-refractivity contribution in [3.05, 3.63) is 65.5 Å². The number of hydrogen-bond acceptors (Lipinski definition) is 2. The molecule has 25 heavy (non-hydrogen) atoms. The Hall–Kier alpha value is -2.36. The molecule has 4 heteroatoms. The predicted octanol–water partition coefficient (Wildman–Crippen LogP) is 3.67. The van der Waals surface area contributed by atoms with Crippen molar-refractivity contribution in [1.29, 1.82) is 0 Å². The van der Waals surface area contributed by atoms with Gasteiger partial charge in [-0.05, 0) is 36.1 Å². The minimum Gasteiger partial charge on any atom is -0.366 e. The van der Waals surface area contributed by atoms with Crippen LogP contribution in [0.3, 0.4) is 0 Å². The molecule has 2 aromatic rings. The van der Waals surface area contributed by atoms with Gasteiger partial charge in [0.1, 0.15) is 5.82 Å². The van der Waals surface area contributed by atoms with Gasteiger partial charge in [0.05, 0.1) is 5.69 Å². The van der Waals surface area contributed by atoms with Crippen molar-refractivity contribution in [3.63, 3.8) is 0 Å². The number of para-hydroxylation sites is 1. The Bertz CT molecular complexity index is 706. The zero-order valence-corrected chi connectivity index (χ0v) is 14.7. The minimum atomic E-state index is -0.196. The van der Waals surface area contributed by atoms with Crippen LogP contribution < -0.4 is 4.90 Å². The normalized spacial score (nSPS) is 14.6. The highest BCUT2D eigenvalue weighted by Crippen LogP contribution is 2.20. The standard InChI is InChI=1S/C21H25FN2O/c1-2-17-7-9-18(10-8-17)11-12-21(25)24-15-13-23(14-16-24)20-6-4-3-5-19(20)22/h3-10H,2,11-16H2,1H3. The fraction of sp³-hybridized carbons (Fsp3) is 0.381. The topological polar surface area (TPSA) is 23.6 Å². The molecule has 1 fully saturated rings. The molecule has 1 heterocycles. The number of piperazine rings is 1. The molecule has 0 spiro atoms. The average molecular weight is 340 g/mol. The lowest BCUT2D eigenvalue weighted by molar-refractivity contribution is -0.131. The second kappa shape index (κ2) is 8.15. The number of rotatable bonds is 5. The number of hydrogen-bond donors (Lipinski definition) is 0. The van der Waals surface area contributed by atoms with Crippen LogP contribution in [0.1, 0.15) is 24.5 Å². The molecule has 1 saturated heterocycles. The monoisotopic (exact) mass is 340 g/mol. The molecule has 3 nitrogen and oxygen atoms in total. The van der Waals surface area contributed by atoms with Crippen molar-refractivity contribution in [2.24, 2.45) is 0 Å². The molecule has 132 valence electrons. The third kappa shape index (κ3) is 4.38. The largest absolute Gasteiger partial charge is 0.366 e. The van der Waals surface area contributed by atoms with Crippen molar-refractivity contribution in [3.8, 4) is 0 Å². The van der Waals surface area contributed by atoms with Crippen LogP contribution in [-0.2, 0) is 17.6 Å². The number of aryl methyl sites for hydroxylation is 2. The third-order valence-electron chi connectivity index (χ3n) is 4.88. The summed E-state index contributed by atoms with van der Waals surface area (Å²) in [6.07, 6.45) is 2.34. The van der Waals surface area contributed by atoms with E-state index in [1.807, 2.05) is 15.9 Å². The molecule has 0 N–H and O–H groups in total. The number of amides is 1. The van der Waals surface area contributed by atoms with Crippen LogP contribution in [0.2, 0.25) is 0 Å². The van der Waals surface area contributed by atoms with Crippen molar-refractivity contribution >= 4 is 11.6 Å². The number of benzene rings is 2. The van der Waals surface area contributed by atoms with Crippen LogP contribution in [0, 0.1) is 5.82 Å². The predicted molar refractivity (Wildman–Crippen MR) is 99.3 cm³/mol. The maximum atomic E-state index is 13.9. The molecular weight excluding hydrogens is 315 g/mol. The first-order valence-electron chi connectivity index (χ1n) is 9.02. The smallest absolute Gasteiger partial charge is 0.223 e. The van der Waals surface area contributed by atoms with Crippen molar-refractivity contribution in [1.82, 2.24) is 4.90 Å². The first-order chi connectivity index (χ1) is 12.2. The van der Waals surface area contributed by atoms with Crippen molar-refractivity contribution in [2.75, 3.05) is 31.1 Å². The van der Waals surface area contributed by atoms with E-state index in [0.29, 0.717) is 38.3 Å². The van der Waals surface area contributed by atoms with E-state index in [1.54, 1.807) is 12.1 Å². The Balaban J connectivity index is 1.49. The molecule has 0 aromatic heterocycles. The van der Waals surface area contributed by atoms with Gasteiger partial charge in [0, 0.05) is 32.6 Å². The summed E-state index contributed by atoms with van der Waals surface area (Å²) < 4.78 is 13.9. The van der Waals surface area contributed by atoms with Gasteiger partial charge >= 0.3 is 0 Å². The van der Waals surface area contributed by atoms with Gasteiger partial charge in [0.2, 0.25) is 5.91 Å². The van der Waals surface area contributed by atoms with E-state index >= 15 is 0 Å². The SMILES string of the molecule is CCc1ccc(CCC(=O)N2CCN(c3ccccc3F)CC2)cc1. The molecule has 0 atom stereocenters. The number of carbonyl (C=O) groups excluding carboxylic acids is 1. The zero-order valence-electron chi connectivity index (χ0n) is 14.7. The molecule has 0 unspecified atom stereocenters. The first-order valence-corrected chi connectivity index (χ1v) is 9.02. The Kier molecular flexibility index (Phi) is 5.69. The quantitative estimate of drug-likeness (QED) is 0.829. The number of halogens is 1. The molecule has 0 radical (unpaired) electrons. The highest BCUT2D eigenvalue weighted by atomic mass is 19.1. The van der Waals surface area contributed by atoms with Crippen LogP contribution in [-0.4, -0.2) is 37.0 Å². The van der Waals surface area contributed by atoms with Crippen molar-refractivity contribution < 1.29 is 9.18 Å². The van der Waals surface area contributed by atoms with Gasteiger partial charge in [-0.15, -0.1) is 0 Å². The Morgan fingerprint density at radius 1 is 0.960 bits per heavy atom. The molecule has 2 aromatic carbocycles. The van der Waals surface area contributed by atoms with E-state index in [0.717, 1.165) is 12.8 Å². The molecule has 1 aliphatic rings. The van der Waals surface area contributed by atoms with E-state index in [1.165, 1.54) is 17.2 Å². The van der Waals surface area contributed by atoms with E-state index < -0.39 is 0 Å². The third-order valence-corrected chi connectivity index (χ3v) is 4.88. The second-order valence-corrected chi connectivity index (χ2v) is 6.49. The number of carbonyl (C=O) groups is 1. The Labute approximate surface area is 149 Å². The highest BCUT2D eigenvalue weighted by Gasteiger charge is 2.22. The minimum absolute atomic E-state index is 0.188. The van der Waals surface area contributed by atoms with E-state index in [-0.39, 0.29) is 11.7 Å². The Morgan fingerprint density at radius 3 is 2.24 bits per heavy atom. The van der Waals surface area contributed by atoms with Gasteiger partial charge in [0.25, 0.3) is 0 Å². The summed E-state index contributed by atoms with van der Waals surface area (Å²) in [6, 6.07) is 15.3. The van der Waals surface area contributed by atoms with E-state index in [9.17, 15) is 9.18 Å². The second-order valence-electron chi connectivity index (χ2n) is 6.49. The molecule has 3 rings (SSSR count). The van der Waals surface area contributed by atoms with Gasteiger partial charge in [-0.1, -0.05) is 43.3 Å². The van der Waals surface area contributed by atoms with Crippen LogP contribution in [0.5, 0.6) is 0 Å². The van der Waals surface area contributed by atoms with E-state index in [4.69, 9.17) is 0 Å². The molecule has 1 amide bonds. The fourth-order valence-corrected chi connectivity index (χ4v) is 3.26. The molecule has 0 aliphatic carbocycles. The summed E-state index contributed by atoms with van der Waals surface area (Å²) in [6.45, 7) is 4.80. The summed E-state index contributed by atoms with van der Waals surface area (Å²) in [5.74, 6) is -0.00875. The van der Waals surface area contributed by atoms with Crippen LogP contribution in [0.4, 0.5) is 10.1 Å². The lowest BCUT2D eigenvalue weighted by Crippen LogP contribution is -2.49. The molecule has 0 saturated carbocycles. The summed E-state index contributed by atoms with van der Waals surface area (Å²) in [4.78, 5) is 16.4. The van der Waals surface area contributed by atoms with Gasteiger partial charge < -0.3 is 9.80 Å². The van der Waals surface area contributed by atoms with E-state index in [2.05, 4.69) is 31.2 Å². The Morgan fingerprint density at radius 2 is 1.60 bits per heavy atom. The van der Waals surface area contributed by atoms with Crippen LogP contribution in [0.15, 0.2) is 48.5 Å². The van der Waals surface area contributed by atoms with Crippen LogP contribution >= 0.6 is 0 Å². The number of anilines is 1. The lowest BCUT2D eigenvalue weighted by atomic mass is 10.1. The van der Waals surface area contributed by atoms with Gasteiger partial charge in [-0.3, -0.25) is 4.79 Å².